The molecule has 132 valence electrons. The number of piperidine rings is 1. The van der Waals surface area contributed by atoms with Gasteiger partial charge in [-0.3, -0.25) is 4.79 Å². The van der Waals surface area contributed by atoms with Gasteiger partial charge in [0.15, 0.2) is 11.5 Å². The SMILES string of the molecule is COc1ccc(CC(C)C(=O)N2CCCC[C@@H]2C(=O)O)cc1OC. The normalized spacial score (nSPS) is 18.8. The van der Waals surface area contributed by atoms with Crippen LogP contribution in [-0.2, 0) is 16.0 Å². The minimum atomic E-state index is -0.915. The van der Waals surface area contributed by atoms with Gasteiger partial charge in [-0.2, -0.15) is 0 Å². The van der Waals surface area contributed by atoms with Gasteiger partial charge in [0, 0.05) is 12.5 Å². The van der Waals surface area contributed by atoms with Crippen molar-refractivity contribution in [1.29, 1.82) is 0 Å². The van der Waals surface area contributed by atoms with E-state index < -0.39 is 12.0 Å². The van der Waals surface area contributed by atoms with E-state index in [4.69, 9.17) is 9.47 Å². The summed E-state index contributed by atoms with van der Waals surface area (Å²) in [5, 5.41) is 9.33. The zero-order valence-electron chi connectivity index (χ0n) is 14.4. The number of carbonyl (C=O) groups is 2. The van der Waals surface area contributed by atoms with E-state index in [1.807, 2.05) is 25.1 Å². The first-order valence-electron chi connectivity index (χ1n) is 8.22. The molecular weight excluding hydrogens is 310 g/mol. The Labute approximate surface area is 142 Å². The summed E-state index contributed by atoms with van der Waals surface area (Å²) in [6.07, 6.45) is 2.77. The van der Waals surface area contributed by atoms with Crippen LogP contribution in [0, 0.1) is 5.92 Å². The van der Waals surface area contributed by atoms with Crippen LogP contribution < -0.4 is 9.47 Å². The fourth-order valence-electron chi connectivity index (χ4n) is 3.18. The zero-order valence-corrected chi connectivity index (χ0v) is 14.4. The minimum absolute atomic E-state index is 0.100. The molecule has 1 saturated heterocycles. The second kappa shape index (κ2) is 8.04. The number of likely N-dealkylation sites (tertiary alicyclic amines) is 1. The lowest BCUT2D eigenvalue weighted by Crippen LogP contribution is -2.50. The van der Waals surface area contributed by atoms with Gasteiger partial charge in [-0.15, -0.1) is 0 Å². The van der Waals surface area contributed by atoms with Crippen molar-refractivity contribution in [2.75, 3.05) is 20.8 Å². The van der Waals surface area contributed by atoms with E-state index in [9.17, 15) is 14.7 Å². The minimum Gasteiger partial charge on any atom is -0.493 e. The molecule has 1 heterocycles. The highest BCUT2D eigenvalue weighted by Gasteiger charge is 2.33. The highest BCUT2D eigenvalue weighted by atomic mass is 16.5. The fraction of sp³-hybridized carbons (Fsp3) is 0.556. The number of hydrogen-bond donors (Lipinski definition) is 1. The van der Waals surface area contributed by atoms with Gasteiger partial charge in [-0.25, -0.2) is 4.79 Å². The summed E-state index contributed by atoms with van der Waals surface area (Å²) in [5.41, 5.74) is 0.956. The van der Waals surface area contributed by atoms with Gasteiger partial charge < -0.3 is 19.5 Å². The number of nitrogens with zero attached hydrogens (tertiary/aromatic N) is 1. The Morgan fingerprint density at radius 2 is 1.96 bits per heavy atom. The second-order valence-corrected chi connectivity index (χ2v) is 6.18. The maximum Gasteiger partial charge on any atom is 0.326 e. The Bertz CT molecular complexity index is 601. The Balaban J connectivity index is 2.09. The van der Waals surface area contributed by atoms with Crippen molar-refractivity contribution < 1.29 is 24.2 Å². The lowest BCUT2D eigenvalue weighted by molar-refractivity contribution is -0.153. The second-order valence-electron chi connectivity index (χ2n) is 6.18. The number of carboxylic acids is 1. The summed E-state index contributed by atoms with van der Waals surface area (Å²) < 4.78 is 10.5. The van der Waals surface area contributed by atoms with E-state index >= 15 is 0 Å². The average molecular weight is 335 g/mol. The van der Waals surface area contributed by atoms with Gasteiger partial charge in [0.1, 0.15) is 6.04 Å². The lowest BCUT2D eigenvalue weighted by Gasteiger charge is -2.34. The molecule has 1 aliphatic heterocycles. The predicted octanol–water partition coefficient (Wildman–Crippen LogP) is 2.35. The zero-order chi connectivity index (χ0) is 17.7. The standard InChI is InChI=1S/C18H25NO5/c1-12(10-13-7-8-15(23-2)16(11-13)24-3)17(20)19-9-5-4-6-14(19)18(21)22/h7-8,11-12,14H,4-6,9-10H2,1-3H3,(H,21,22)/t12?,14-/m1/s1. The van der Waals surface area contributed by atoms with Gasteiger partial charge in [-0.1, -0.05) is 13.0 Å². The van der Waals surface area contributed by atoms with Crippen molar-refractivity contribution in [3.05, 3.63) is 23.8 Å². The molecule has 2 atom stereocenters. The van der Waals surface area contributed by atoms with E-state index in [0.717, 1.165) is 18.4 Å². The topological polar surface area (TPSA) is 76.1 Å². The summed E-state index contributed by atoms with van der Waals surface area (Å²) >= 11 is 0. The van der Waals surface area contributed by atoms with Crippen LogP contribution >= 0.6 is 0 Å². The van der Waals surface area contributed by atoms with Crippen molar-refractivity contribution >= 4 is 11.9 Å². The predicted molar refractivity (Wildman–Crippen MR) is 89.4 cm³/mol. The summed E-state index contributed by atoms with van der Waals surface area (Å²) in [4.78, 5) is 25.6. The molecule has 0 aromatic heterocycles. The quantitative estimate of drug-likeness (QED) is 0.863. The molecule has 6 heteroatoms. The summed E-state index contributed by atoms with van der Waals surface area (Å²) in [6.45, 7) is 2.36. The first-order chi connectivity index (χ1) is 11.5. The van der Waals surface area contributed by atoms with Crippen molar-refractivity contribution in [2.45, 2.75) is 38.6 Å². The Kier molecular flexibility index (Phi) is 6.06. The molecule has 0 bridgehead atoms. The van der Waals surface area contributed by atoms with Crippen LogP contribution in [0.4, 0.5) is 0 Å². The molecule has 1 amide bonds. The molecule has 1 unspecified atom stereocenters. The number of aliphatic carboxylic acids is 1. The van der Waals surface area contributed by atoms with E-state index in [2.05, 4.69) is 0 Å². The first kappa shape index (κ1) is 18.1. The number of ether oxygens (including phenoxy) is 2. The largest absolute Gasteiger partial charge is 0.493 e. The van der Waals surface area contributed by atoms with E-state index in [-0.39, 0.29) is 11.8 Å². The summed E-state index contributed by atoms with van der Waals surface area (Å²) in [5.74, 6) is -0.0421. The highest BCUT2D eigenvalue weighted by molar-refractivity contribution is 5.85. The van der Waals surface area contributed by atoms with Crippen LogP contribution in [0.25, 0.3) is 0 Å². The van der Waals surface area contributed by atoms with Crippen LogP contribution in [0.2, 0.25) is 0 Å². The third kappa shape index (κ3) is 3.99. The molecule has 6 nitrogen and oxygen atoms in total. The number of carbonyl (C=O) groups excluding carboxylic acids is 1. The first-order valence-corrected chi connectivity index (χ1v) is 8.22. The van der Waals surface area contributed by atoms with Gasteiger partial charge >= 0.3 is 5.97 Å². The monoisotopic (exact) mass is 335 g/mol. The molecule has 0 radical (unpaired) electrons. The van der Waals surface area contributed by atoms with E-state index in [1.54, 1.807) is 14.2 Å². The molecule has 1 aliphatic rings. The maximum atomic E-state index is 12.7. The highest BCUT2D eigenvalue weighted by Crippen LogP contribution is 2.29. The third-order valence-corrected chi connectivity index (χ3v) is 4.48. The number of methoxy groups -OCH3 is 2. The summed E-state index contributed by atoms with van der Waals surface area (Å²) in [7, 11) is 3.15. The van der Waals surface area contributed by atoms with Crippen molar-refractivity contribution in [3.63, 3.8) is 0 Å². The number of amides is 1. The van der Waals surface area contributed by atoms with Crippen LogP contribution in [0.15, 0.2) is 18.2 Å². The van der Waals surface area contributed by atoms with Gasteiger partial charge in [-0.05, 0) is 43.4 Å². The smallest absolute Gasteiger partial charge is 0.326 e. The van der Waals surface area contributed by atoms with Crippen LogP contribution in [0.1, 0.15) is 31.7 Å². The molecule has 1 aromatic carbocycles. The molecule has 0 spiro atoms. The van der Waals surface area contributed by atoms with Crippen LogP contribution in [0.3, 0.4) is 0 Å². The van der Waals surface area contributed by atoms with Crippen molar-refractivity contribution in [2.24, 2.45) is 5.92 Å². The van der Waals surface area contributed by atoms with Gasteiger partial charge in [0.25, 0.3) is 0 Å². The molecule has 0 aliphatic carbocycles. The number of hydrogen-bond acceptors (Lipinski definition) is 4. The maximum absolute atomic E-state index is 12.7. The number of rotatable bonds is 6. The van der Waals surface area contributed by atoms with Gasteiger partial charge in [0.2, 0.25) is 5.91 Å². The number of carboxylic acid groups (broad SMARTS) is 1. The Hall–Kier alpha value is -2.24. The molecule has 0 saturated carbocycles. The average Bonchev–Trinajstić information content (AvgIpc) is 2.60. The molecule has 24 heavy (non-hydrogen) atoms. The molecule has 1 fully saturated rings. The van der Waals surface area contributed by atoms with Crippen LogP contribution in [-0.4, -0.2) is 48.7 Å². The molecular formula is C18H25NO5. The number of benzene rings is 1. The van der Waals surface area contributed by atoms with Crippen molar-refractivity contribution in [1.82, 2.24) is 4.90 Å². The van der Waals surface area contributed by atoms with E-state index in [1.165, 1.54) is 4.90 Å². The fourth-order valence-corrected chi connectivity index (χ4v) is 3.18. The van der Waals surface area contributed by atoms with E-state index in [0.29, 0.717) is 30.9 Å². The Morgan fingerprint density at radius 3 is 2.58 bits per heavy atom. The lowest BCUT2D eigenvalue weighted by atomic mass is 9.95. The molecule has 1 aromatic rings. The molecule has 2 rings (SSSR count). The van der Waals surface area contributed by atoms with Crippen molar-refractivity contribution in [3.8, 4) is 11.5 Å². The Morgan fingerprint density at radius 1 is 1.25 bits per heavy atom. The van der Waals surface area contributed by atoms with Crippen LogP contribution in [0.5, 0.6) is 11.5 Å². The van der Waals surface area contributed by atoms with Gasteiger partial charge in [0.05, 0.1) is 14.2 Å². The molecule has 1 N–H and O–H groups in total. The third-order valence-electron chi connectivity index (χ3n) is 4.48. The summed E-state index contributed by atoms with van der Waals surface area (Å²) in [6, 6.07) is 4.87.